The molecule has 0 heterocycles. The Hall–Kier alpha value is -2.35. The molecule has 1 spiro atoms. The molecule has 24 heavy (non-hydrogen) atoms. The largest absolute Gasteiger partial charge is 0.497 e. The average molecular weight is 318 g/mol. The second-order valence-corrected chi connectivity index (χ2v) is 6.95. The lowest BCUT2D eigenvalue weighted by Crippen LogP contribution is -2.34. The van der Waals surface area contributed by atoms with Gasteiger partial charge in [-0.3, -0.25) is 4.79 Å². The molecular weight excluding hydrogens is 296 g/mol. The quantitative estimate of drug-likeness (QED) is 0.845. The molecule has 0 bridgehead atoms. The van der Waals surface area contributed by atoms with Gasteiger partial charge in [0.05, 0.1) is 7.11 Å². The van der Waals surface area contributed by atoms with E-state index in [9.17, 15) is 4.79 Å². The van der Waals surface area contributed by atoms with Crippen LogP contribution in [0.15, 0.2) is 60.7 Å². The fraction of sp³-hybridized carbons (Fsp3) is 0.318. The Morgan fingerprint density at radius 3 is 2.71 bits per heavy atom. The molecule has 0 amide bonds. The molecule has 2 aromatic rings. The summed E-state index contributed by atoms with van der Waals surface area (Å²) in [7, 11) is 1.71. The van der Waals surface area contributed by atoms with Crippen LogP contribution in [0.5, 0.6) is 5.75 Å². The van der Waals surface area contributed by atoms with Crippen LogP contribution in [0.3, 0.4) is 0 Å². The van der Waals surface area contributed by atoms with Crippen LogP contribution in [0.25, 0.3) is 0 Å². The summed E-state index contributed by atoms with van der Waals surface area (Å²) in [5.41, 5.74) is 4.09. The summed E-state index contributed by atoms with van der Waals surface area (Å²) in [6.07, 6.45) is 7.62. The Kier molecular flexibility index (Phi) is 3.76. The molecule has 0 saturated heterocycles. The molecule has 2 aliphatic rings. The van der Waals surface area contributed by atoms with E-state index in [-0.39, 0.29) is 11.2 Å². The van der Waals surface area contributed by atoms with E-state index in [0.29, 0.717) is 12.3 Å². The zero-order chi connectivity index (χ0) is 16.6. The monoisotopic (exact) mass is 318 g/mol. The Bertz CT molecular complexity index is 791. The van der Waals surface area contributed by atoms with Crippen molar-refractivity contribution >= 4 is 5.78 Å². The number of hydrogen-bond acceptors (Lipinski definition) is 2. The SMILES string of the molecule is COc1ccc2c(c1)C1(C=CC(=O)CC1)C(Cc1ccccc1)C2. The van der Waals surface area contributed by atoms with Gasteiger partial charge in [0, 0.05) is 11.8 Å². The van der Waals surface area contributed by atoms with Crippen LogP contribution in [0, 0.1) is 5.92 Å². The van der Waals surface area contributed by atoms with Crippen LogP contribution in [-0.2, 0) is 23.1 Å². The second-order valence-electron chi connectivity index (χ2n) is 6.95. The molecule has 0 aromatic heterocycles. The Morgan fingerprint density at radius 1 is 1.17 bits per heavy atom. The molecule has 0 fully saturated rings. The molecule has 122 valence electrons. The molecule has 0 radical (unpaired) electrons. The summed E-state index contributed by atoms with van der Waals surface area (Å²) in [4.78, 5) is 11.8. The van der Waals surface area contributed by atoms with Gasteiger partial charge in [-0.05, 0) is 60.1 Å². The predicted molar refractivity (Wildman–Crippen MR) is 95.4 cm³/mol. The smallest absolute Gasteiger partial charge is 0.155 e. The first-order chi connectivity index (χ1) is 11.7. The van der Waals surface area contributed by atoms with Crippen LogP contribution >= 0.6 is 0 Å². The first-order valence-electron chi connectivity index (χ1n) is 8.65. The van der Waals surface area contributed by atoms with Crippen molar-refractivity contribution in [3.05, 3.63) is 77.4 Å². The third-order valence-corrected chi connectivity index (χ3v) is 5.69. The standard InChI is InChI=1S/C22H22O2/c1-24-20-8-7-17-14-18(13-16-5-3-2-4-6-16)22(21(17)15-20)11-9-19(23)10-12-22/h2-9,11,15,18H,10,12-14H2,1H3. The van der Waals surface area contributed by atoms with Crippen molar-refractivity contribution in [3.63, 3.8) is 0 Å². The van der Waals surface area contributed by atoms with Gasteiger partial charge in [-0.1, -0.05) is 42.5 Å². The van der Waals surface area contributed by atoms with Crippen molar-refractivity contribution in [2.24, 2.45) is 5.92 Å². The number of ether oxygens (including phenoxy) is 1. The van der Waals surface area contributed by atoms with Crippen molar-refractivity contribution in [2.75, 3.05) is 7.11 Å². The number of allylic oxidation sites excluding steroid dienone is 2. The maximum Gasteiger partial charge on any atom is 0.155 e. The molecule has 0 N–H and O–H groups in total. The summed E-state index contributed by atoms with van der Waals surface area (Å²) < 4.78 is 5.46. The van der Waals surface area contributed by atoms with Gasteiger partial charge < -0.3 is 4.74 Å². The van der Waals surface area contributed by atoms with Gasteiger partial charge in [-0.2, -0.15) is 0 Å². The van der Waals surface area contributed by atoms with E-state index in [4.69, 9.17) is 4.74 Å². The molecule has 2 heteroatoms. The molecule has 2 aliphatic carbocycles. The lowest BCUT2D eigenvalue weighted by atomic mass is 9.67. The zero-order valence-electron chi connectivity index (χ0n) is 14.0. The van der Waals surface area contributed by atoms with Crippen LogP contribution in [0.1, 0.15) is 29.5 Å². The third-order valence-electron chi connectivity index (χ3n) is 5.69. The highest BCUT2D eigenvalue weighted by atomic mass is 16.5. The highest BCUT2D eigenvalue weighted by Gasteiger charge is 2.46. The van der Waals surface area contributed by atoms with E-state index in [0.717, 1.165) is 25.0 Å². The van der Waals surface area contributed by atoms with E-state index in [1.807, 2.05) is 0 Å². The number of methoxy groups -OCH3 is 1. The first kappa shape index (κ1) is 15.2. The summed E-state index contributed by atoms with van der Waals surface area (Å²) in [6.45, 7) is 0. The molecule has 2 aromatic carbocycles. The predicted octanol–water partition coefficient (Wildman–Crippen LogP) is 4.27. The highest BCUT2D eigenvalue weighted by Crippen LogP contribution is 2.51. The average Bonchev–Trinajstić information content (AvgIpc) is 2.91. The van der Waals surface area contributed by atoms with E-state index in [1.165, 1.54) is 16.7 Å². The first-order valence-corrected chi connectivity index (χ1v) is 8.65. The van der Waals surface area contributed by atoms with Crippen molar-refractivity contribution in [3.8, 4) is 5.75 Å². The molecule has 0 saturated carbocycles. The number of carbonyl (C=O) groups excluding carboxylic acids is 1. The molecular formula is C22H22O2. The highest BCUT2D eigenvalue weighted by molar-refractivity contribution is 5.91. The van der Waals surface area contributed by atoms with Crippen LogP contribution < -0.4 is 4.74 Å². The fourth-order valence-electron chi connectivity index (χ4n) is 4.42. The minimum atomic E-state index is -0.0341. The van der Waals surface area contributed by atoms with Crippen molar-refractivity contribution in [2.45, 2.75) is 31.1 Å². The second kappa shape index (κ2) is 5.94. The van der Waals surface area contributed by atoms with Gasteiger partial charge in [0.1, 0.15) is 5.75 Å². The maximum atomic E-state index is 11.8. The molecule has 0 aliphatic heterocycles. The lowest BCUT2D eigenvalue weighted by Gasteiger charge is -2.36. The van der Waals surface area contributed by atoms with Crippen molar-refractivity contribution in [1.29, 1.82) is 0 Å². The van der Waals surface area contributed by atoms with E-state index in [1.54, 1.807) is 13.2 Å². The fourth-order valence-corrected chi connectivity index (χ4v) is 4.42. The Morgan fingerprint density at radius 2 is 2.00 bits per heavy atom. The number of benzene rings is 2. The zero-order valence-corrected chi connectivity index (χ0v) is 14.0. The van der Waals surface area contributed by atoms with Crippen molar-refractivity contribution in [1.82, 2.24) is 0 Å². The van der Waals surface area contributed by atoms with Gasteiger partial charge in [0.25, 0.3) is 0 Å². The van der Waals surface area contributed by atoms with Gasteiger partial charge in [-0.15, -0.1) is 0 Å². The van der Waals surface area contributed by atoms with Gasteiger partial charge in [-0.25, -0.2) is 0 Å². The molecule has 2 atom stereocenters. The van der Waals surface area contributed by atoms with Crippen LogP contribution in [0.4, 0.5) is 0 Å². The number of ketones is 1. The number of carbonyl (C=O) groups is 1. The molecule has 2 nitrogen and oxygen atoms in total. The third kappa shape index (κ3) is 2.47. The lowest BCUT2D eigenvalue weighted by molar-refractivity contribution is -0.115. The molecule has 2 unspecified atom stereocenters. The van der Waals surface area contributed by atoms with E-state index < -0.39 is 0 Å². The van der Waals surface area contributed by atoms with Gasteiger partial charge in [0.2, 0.25) is 0 Å². The minimum absolute atomic E-state index is 0.0341. The molecule has 4 rings (SSSR count). The normalized spacial score (nSPS) is 25.0. The van der Waals surface area contributed by atoms with Crippen molar-refractivity contribution < 1.29 is 9.53 Å². The van der Waals surface area contributed by atoms with Gasteiger partial charge >= 0.3 is 0 Å². The Balaban J connectivity index is 1.77. The number of fused-ring (bicyclic) bond motifs is 2. The minimum Gasteiger partial charge on any atom is -0.497 e. The van der Waals surface area contributed by atoms with E-state index in [2.05, 4.69) is 54.6 Å². The summed E-state index contributed by atoms with van der Waals surface area (Å²) in [5, 5.41) is 0. The van der Waals surface area contributed by atoms with Gasteiger partial charge in [0.15, 0.2) is 5.78 Å². The van der Waals surface area contributed by atoms with E-state index >= 15 is 0 Å². The summed E-state index contributed by atoms with van der Waals surface area (Å²) in [6, 6.07) is 17.1. The van der Waals surface area contributed by atoms with Crippen LogP contribution in [-0.4, -0.2) is 12.9 Å². The number of hydrogen-bond donors (Lipinski definition) is 0. The van der Waals surface area contributed by atoms with Crippen LogP contribution in [0.2, 0.25) is 0 Å². The summed E-state index contributed by atoms with van der Waals surface area (Å²) in [5.74, 6) is 1.64. The Labute approximate surface area is 143 Å². The summed E-state index contributed by atoms with van der Waals surface area (Å²) >= 11 is 0. The topological polar surface area (TPSA) is 26.3 Å². The maximum absolute atomic E-state index is 11.8. The number of rotatable bonds is 3.